The second-order valence-electron chi connectivity index (χ2n) is 6.01. The van der Waals surface area contributed by atoms with Crippen molar-refractivity contribution in [1.29, 1.82) is 0 Å². The monoisotopic (exact) mass is 267 g/mol. The van der Waals surface area contributed by atoms with Crippen molar-refractivity contribution < 1.29 is 19.4 Å². The Kier molecular flexibility index (Phi) is 3.48. The molecule has 0 aromatic heterocycles. The molecule has 0 bridgehead atoms. The molecular formula is C14H21NO4. The number of carboxylic acid groups (broad SMARTS) is 1. The maximum Gasteiger partial charge on any atom is 0.326 e. The minimum atomic E-state index is -0.846. The third-order valence-corrected chi connectivity index (χ3v) is 4.91. The molecule has 1 N–H and O–H groups in total. The van der Waals surface area contributed by atoms with Crippen LogP contribution in [-0.2, 0) is 14.3 Å². The molecule has 0 spiro atoms. The molecule has 19 heavy (non-hydrogen) atoms. The average Bonchev–Trinajstić information content (AvgIpc) is 3.05. The highest BCUT2D eigenvalue weighted by atomic mass is 16.5. The molecule has 4 atom stereocenters. The molecule has 2 saturated heterocycles. The van der Waals surface area contributed by atoms with Crippen LogP contribution in [0.3, 0.4) is 0 Å². The van der Waals surface area contributed by atoms with Crippen LogP contribution in [0.1, 0.15) is 38.5 Å². The molecule has 3 rings (SSSR count). The van der Waals surface area contributed by atoms with Crippen LogP contribution in [-0.4, -0.2) is 47.2 Å². The first kappa shape index (κ1) is 12.9. The fourth-order valence-corrected chi connectivity index (χ4v) is 3.94. The molecule has 106 valence electrons. The number of carbonyl (C=O) groups is 2. The highest BCUT2D eigenvalue weighted by molar-refractivity contribution is 5.86. The second kappa shape index (κ2) is 5.12. The fourth-order valence-electron chi connectivity index (χ4n) is 3.94. The van der Waals surface area contributed by atoms with E-state index < -0.39 is 12.0 Å². The lowest BCUT2D eigenvalue weighted by Crippen LogP contribution is -2.48. The summed E-state index contributed by atoms with van der Waals surface area (Å²) in [4.78, 5) is 25.7. The van der Waals surface area contributed by atoms with Crippen molar-refractivity contribution in [3.05, 3.63) is 0 Å². The smallest absolute Gasteiger partial charge is 0.326 e. The van der Waals surface area contributed by atoms with Gasteiger partial charge < -0.3 is 14.7 Å². The van der Waals surface area contributed by atoms with Crippen LogP contribution in [0.15, 0.2) is 0 Å². The zero-order valence-electron chi connectivity index (χ0n) is 11.1. The van der Waals surface area contributed by atoms with Gasteiger partial charge >= 0.3 is 5.97 Å². The number of ether oxygens (including phenoxy) is 1. The Labute approximate surface area is 112 Å². The Morgan fingerprint density at radius 2 is 1.95 bits per heavy atom. The summed E-state index contributed by atoms with van der Waals surface area (Å²) in [5, 5.41) is 9.40. The fraction of sp³-hybridized carbons (Fsp3) is 0.857. The van der Waals surface area contributed by atoms with E-state index in [1.165, 1.54) is 6.42 Å². The molecule has 3 fully saturated rings. The molecule has 0 aromatic rings. The Hall–Kier alpha value is -1.10. The summed E-state index contributed by atoms with van der Waals surface area (Å²) in [6.45, 7) is 1.08. The molecule has 5 heteroatoms. The zero-order valence-corrected chi connectivity index (χ0v) is 11.1. The summed E-state index contributed by atoms with van der Waals surface area (Å²) in [6, 6.07) is -0.454. The van der Waals surface area contributed by atoms with Gasteiger partial charge in [0.05, 0.1) is 12.5 Å². The van der Waals surface area contributed by atoms with Gasteiger partial charge in [-0.1, -0.05) is 12.8 Å². The number of likely N-dealkylation sites (tertiary alicyclic amines) is 1. The molecule has 1 amide bonds. The lowest BCUT2D eigenvalue weighted by molar-refractivity contribution is -0.151. The number of carbonyl (C=O) groups excluding carboxylic acids is 1. The molecule has 0 unspecified atom stereocenters. The maximum atomic E-state index is 12.6. The third-order valence-electron chi connectivity index (χ3n) is 4.91. The molecule has 1 aliphatic carbocycles. The highest BCUT2D eigenvalue weighted by Gasteiger charge is 2.49. The minimum absolute atomic E-state index is 0.0132. The van der Waals surface area contributed by atoms with E-state index in [4.69, 9.17) is 4.74 Å². The van der Waals surface area contributed by atoms with Crippen molar-refractivity contribution >= 4 is 11.9 Å². The largest absolute Gasteiger partial charge is 0.480 e. The number of nitrogens with zero attached hydrogens (tertiary/aromatic N) is 1. The molecular weight excluding hydrogens is 246 g/mol. The number of fused-ring (bicyclic) bond motifs is 1. The Morgan fingerprint density at radius 3 is 2.63 bits per heavy atom. The predicted octanol–water partition coefficient (Wildman–Crippen LogP) is 1.27. The lowest BCUT2D eigenvalue weighted by Gasteiger charge is -2.34. The lowest BCUT2D eigenvalue weighted by atomic mass is 9.84. The molecule has 2 aliphatic heterocycles. The zero-order chi connectivity index (χ0) is 13.4. The van der Waals surface area contributed by atoms with E-state index in [9.17, 15) is 14.7 Å². The van der Waals surface area contributed by atoms with E-state index in [2.05, 4.69) is 0 Å². The van der Waals surface area contributed by atoms with Crippen LogP contribution >= 0.6 is 0 Å². The number of rotatable bonds is 2. The molecule has 0 radical (unpaired) electrons. The quantitative estimate of drug-likeness (QED) is 0.818. The van der Waals surface area contributed by atoms with E-state index in [0.29, 0.717) is 25.6 Å². The van der Waals surface area contributed by atoms with Crippen molar-refractivity contribution in [2.45, 2.75) is 50.6 Å². The first-order valence-corrected chi connectivity index (χ1v) is 7.31. The van der Waals surface area contributed by atoms with Crippen LogP contribution in [0.2, 0.25) is 0 Å². The van der Waals surface area contributed by atoms with Gasteiger partial charge in [0.15, 0.2) is 0 Å². The van der Waals surface area contributed by atoms with E-state index in [-0.39, 0.29) is 17.9 Å². The number of hydrogen-bond donors (Lipinski definition) is 1. The first-order chi connectivity index (χ1) is 9.18. The van der Waals surface area contributed by atoms with E-state index in [0.717, 1.165) is 25.7 Å². The molecule has 0 aromatic carbocycles. The van der Waals surface area contributed by atoms with Crippen LogP contribution in [0.4, 0.5) is 0 Å². The molecule has 1 saturated carbocycles. The molecule has 5 nitrogen and oxygen atoms in total. The standard InChI is InChI=1S/C14H21NO4/c16-13(10-5-6-19-8-10)15-11-4-2-1-3-9(11)7-12(15)14(17)18/h9-12H,1-8H2,(H,17,18)/t9-,10-,11+,12-/m0/s1. The van der Waals surface area contributed by atoms with Crippen molar-refractivity contribution in [3.8, 4) is 0 Å². The van der Waals surface area contributed by atoms with Gasteiger partial charge in [0.2, 0.25) is 5.91 Å². The van der Waals surface area contributed by atoms with Gasteiger partial charge in [-0.2, -0.15) is 0 Å². The third kappa shape index (κ3) is 2.24. The van der Waals surface area contributed by atoms with Gasteiger partial charge in [0, 0.05) is 12.6 Å². The Morgan fingerprint density at radius 1 is 1.16 bits per heavy atom. The van der Waals surface area contributed by atoms with Crippen molar-refractivity contribution in [1.82, 2.24) is 4.90 Å². The summed E-state index contributed by atoms with van der Waals surface area (Å²) in [5.74, 6) is -0.565. The van der Waals surface area contributed by atoms with Gasteiger partial charge in [0.1, 0.15) is 6.04 Å². The normalized spacial score (nSPS) is 38.2. The van der Waals surface area contributed by atoms with E-state index >= 15 is 0 Å². The highest BCUT2D eigenvalue weighted by Crippen LogP contribution is 2.41. The predicted molar refractivity (Wildman–Crippen MR) is 67.6 cm³/mol. The van der Waals surface area contributed by atoms with Gasteiger partial charge in [0.25, 0.3) is 0 Å². The van der Waals surface area contributed by atoms with Crippen LogP contribution < -0.4 is 0 Å². The van der Waals surface area contributed by atoms with Crippen LogP contribution in [0.5, 0.6) is 0 Å². The summed E-state index contributed by atoms with van der Waals surface area (Å²) >= 11 is 0. The van der Waals surface area contributed by atoms with Gasteiger partial charge in [-0.15, -0.1) is 0 Å². The van der Waals surface area contributed by atoms with E-state index in [1.54, 1.807) is 4.90 Å². The summed E-state index contributed by atoms with van der Waals surface area (Å²) in [6.07, 6.45) is 5.69. The maximum absolute atomic E-state index is 12.6. The van der Waals surface area contributed by atoms with Crippen molar-refractivity contribution in [2.75, 3.05) is 13.2 Å². The van der Waals surface area contributed by atoms with Crippen LogP contribution in [0.25, 0.3) is 0 Å². The Balaban J connectivity index is 1.81. The topological polar surface area (TPSA) is 66.8 Å². The van der Waals surface area contributed by atoms with Crippen molar-refractivity contribution in [2.24, 2.45) is 11.8 Å². The summed E-state index contributed by atoms with van der Waals surface area (Å²) in [5.41, 5.74) is 0. The van der Waals surface area contributed by atoms with Crippen molar-refractivity contribution in [3.63, 3.8) is 0 Å². The average molecular weight is 267 g/mol. The Bertz CT molecular complexity index is 378. The van der Waals surface area contributed by atoms with E-state index in [1.807, 2.05) is 0 Å². The number of amides is 1. The number of carboxylic acids is 1. The van der Waals surface area contributed by atoms with Gasteiger partial charge in [-0.25, -0.2) is 4.79 Å². The minimum Gasteiger partial charge on any atom is -0.480 e. The number of hydrogen-bond acceptors (Lipinski definition) is 3. The first-order valence-electron chi connectivity index (χ1n) is 7.31. The van der Waals surface area contributed by atoms with Gasteiger partial charge in [-0.05, 0) is 31.6 Å². The molecule has 2 heterocycles. The SMILES string of the molecule is O=C(O)[C@@H]1C[C@@H]2CCCC[C@H]2N1C(=O)[C@H]1CCOC1. The summed E-state index contributed by atoms with van der Waals surface area (Å²) in [7, 11) is 0. The number of aliphatic carboxylic acids is 1. The van der Waals surface area contributed by atoms with Gasteiger partial charge in [-0.3, -0.25) is 4.79 Å². The van der Waals surface area contributed by atoms with Crippen LogP contribution in [0, 0.1) is 11.8 Å². The molecule has 3 aliphatic rings. The summed E-state index contributed by atoms with van der Waals surface area (Å²) < 4.78 is 5.27. The second-order valence-corrected chi connectivity index (χ2v) is 6.01.